The molecular formula is C18H19N5O5. The number of aromatic carboxylic acids is 1. The maximum absolute atomic E-state index is 12.6. The molecule has 0 aliphatic carbocycles. The number of nitrogens with zero attached hydrogens (tertiary/aromatic N) is 5. The molecule has 1 aliphatic heterocycles. The summed E-state index contributed by atoms with van der Waals surface area (Å²) < 4.78 is 11.8. The van der Waals surface area contributed by atoms with Crippen LogP contribution in [-0.4, -0.2) is 54.9 Å². The number of likely N-dealkylation sites (tertiary alicyclic amines) is 1. The zero-order valence-corrected chi connectivity index (χ0v) is 15.0. The van der Waals surface area contributed by atoms with E-state index < -0.39 is 5.97 Å². The monoisotopic (exact) mass is 385 g/mol. The lowest BCUT2D eigenvalue weighted by atomic mass is 10.1. The topological polar surface area (TPSA) is 127 Å². The van der Waals surface area contributed by atoms with Gasteiger partial charge in [-0.15, -0.1) is 0 Å². The molecule has 0 spiro atoms. The summed E-state index contributed by atoms with van der Waals surface area (Å²) in [6.45, 7) is 1.18. The molecule has 3 aromatic rings. The van der Waals surface area contributed by atoms with Crippen LogP contribution in [0.25, 0.3) is 11.4 Å². The zero-order chi connectivity index (χ0) is 19.5. The molecule has 0 aromatic carbocycles. The number of furan rings is 1. The molecule has 0 unspecified atom stereocenters. The minimum absolute atomic E-state index is 0.00150. The van der Waals surface area contributed by atoms with Gasteiger partial charge in [-0.3, -0.25) is 9.48 Å². The fourth-order valence-corrected chi connectivity index (χ4v) is 3.28. The van der Waals surface area contributed by atoms with E-state index >= 15 is 0 Å². The molecule has 0 saturated carbocycles. The number of carbonyl (C=O) groups is 2. The van der Waals surface area contributed by atoms with Crippen molar-refractivity contribution in [3.63, 3.8) is 0 Å². The molecule has 4 rings (SSSR count). The second-order valence-corrected chi connectivity index (χ2v) is 6.67. The lowest BCUT2D eigenvalue weighted by molar-refractivity contribution is -0.133. The number of carboxylic acid groups (broad SMARTS) is 1. The Bertz CT molecular complexity index is 961. The molecule has 146 valence electrons. The van der Waals surface area contributed by atoms with Gasteiger partial charge in [-0.05, 0) is 18.9 Å². The molecule has 4 heterocycles. The van der Waals surface area contributed by atoms with Crippen molar-refractivity contribution in [2.45, 2.75) is 31.7 Å². The van der Waals surface area contributed by atoms with Gasteiger partial charge in [0.05, 0.1) is 29.6 Å². The van der Waals surface area contributed by atoms with Gasteiger partial charge in [-0.25, -0.2) is 4.79 Å². The van der Waals surface area contributed by atoms with Crippen LogP contribution in [0.2, 0.25) is 0 Å². The number of piperidine rings is 1. The lowest BCUT2D eigenvalue weighted by Gasteiger charge is -2.32. The maximum Gasteiger partial charge on any atom is 0.338 e. The van der Waals surface area contributed by atoms with Gasteiger partial charge in [0, 0.05) is 32.1 Å². The van der Waals surface area contributed by atoms with Gasteiger partial charge < -0.3 is 18.9 Å². The fraction of sp³-hybridized carbons (Fsp3) is 0.389. The van der Waals surface area contributed by atoms with Crippen LogP contribution in [-0.2, 0) is 11.2 Å². The molecule has 0 bridgehead atoms. The third-order valence-corrected chi connectivity index (χ3v) is 4.77. The van der Waals surface area contributed by atoms with Crippen molar-refractivity contribution in [2.24, 2.45) is 0 Å². The van der Waals surface area contributed by atoms with E-state index in [4.69, 9.17) is 14.0 Å². The van der Waals surface area contributed by atoms with Crippen molar-refractivity contribution in [3.05, 3.63) is 42.4 Å². The molecule has 10 heteroatoms. The van der Waals surface area contributed by atoms with Crippen LogP contribution in [0.5, 0.6) is 0 Å². The van der Waals surface area contributed by atoms with Crippen molar-refractivity contribution in [2.75, 3.05) is 13.1 Å². The first-order valence-corrected chi connectivity index (χ1v) is 9.00. The summed E-state index contributed by atoms with van der Waals surface area (Å²) in [5, 5.41) is 17.1. The van der Waals surface area contributed by atoms with E-state index in [1.54, 1.807) is 15.6 Å². The minimum Gasteiger partial charge on any atom is -0.478 e. The zero-order valence-electron chi connectivity index (χ0n) is 15.0. The highest BCUT2D eigenvalue weighted by Gasteiger charge is 2.26. The van der Waals surface area contributed by atoms with E-state index in [1.165, 1.54) is 24.9 Å². The molecule has 28 heavy (non-hydrogen) atoms. The van der Waals surface area contributed by atoms with E-state index in [1.807, 2.05) is 0 Å². The Morgan fingerprint density at radius 3 is 3.00 bits per heavy atom. The smallest absolute Gasteiger partial charge is 0.338 e. The second-order valence-electron chi connectivity index (χ2n) is 6.67. The number of carboxylic acids is 1. The number of aromatic nitrogens is 4. The number of rotatable bonds is 6. The van der Waals surface area contributed by atoms with Crippen molar-refractivity contribution in [1.82, 2.24) is 24.8 Å². The van der Waals surface area contributed by atoms with Crippen LogP contribution in [0.4, 0.5) is 0 Å². The van der Waals surface area contributed by atoms with Gasteiger partial charge >= 0.3 is 5.97 Å². The van der Waals surface area contributed by atoms with Crippen LogP contribution < -0.4 is 0 Å². The van der Waals surface area contributed by atoms with Gasteiger partial charge in [0.2, 0.25) is 17.6 Å². The molecule has 1 saturated heterocycles. The van der Waals surface area contributed by atoms with Crippen LogP contribution >= 0.6 is 0 Å². The highest BCUT2D eigenvalue weighted by Crippen LogP contribution is 2.22. The Hall–Kier alpha value is -3.43. The van der Waals surface area contributed by atoms with Gasteiger partial charge in [0.1, 0.15) is 6.26 Å². The molecule has 1 aliphatic rings. The largest absolute Gasteiger partial charge is 0.478 e. The third-order valence-electron chi connectivity index (χ3n) is 4.77. The maximum atomic E-state index is 12.6. The summed E-state index contributed by atoms with van der Waals surface area (Å²) in [7, 11) is 0. The molecule has 0 radical (unpaired) electrons. The fourth-order valence-electron chi connectivity index (χ4n) is 3.28. The first-order chi connectivity index (χ1) is 13.6. The molecular weight excluding hydrogens is 366 g/mol. The minimum atomic E-state index is -1.01. The Balaban J connectivity index is 1.33. The second kappa shape index (κ2) is 7.67. The van der Waals surface area contributed by atoms with Gasteiger partial charge in [-0.2, -0.15) is 10.1 Å². The predicted octanol–water partition coefficient (Wildman–Crippen LogP) is 2.02. The lowest BCUT2D eigenvalue weighted by Crippen LogP contribution is -2.41. The van der Waals surface area contributed by atoms with Gasteiger partial charge in [-0.1, -0.05) is 5.16 Å². The Kier molecular flexibility index (Phi) is 4.92. The normalized spacial score (nSPS) is 17.0. The number of hydrogen-bond donors (Lipinski definition) is 1. The Morgan fingerprint density at radius 1 is 1.36 bits per heavy atom. The first-order valence-electron chi connectivity index (χ1n) is 9.00. The average molecular weight is 385 g/mol. The van der Waals surface area contributed by atoms with Crippen molar-refractivity contribution < 1.29 is 23.6 Å². The van der Waals surface area contributed by atoms with Gasteiger partial charge in [0.25, 0.3) is 0 Å². The summed E-state index contributed by atoms with van der Waals surface area (Å²) in [6, 6.07) is 1.71. The number of aryl methyl sites for hydroxylation is 1. The highest BCUT2D eigenvalue weighted by molar-refractivity contribution is 5.86. The quantitative estimate of drug-likeness (QED) is 0.682. The van der Waals surface area contributed by atoms with Crippen molar-refractivity contribution in [3.8, 4) is 11.4 Å². The Labute approximate surface area is 159 Å². The van der Waals surface area contributed by atoms with E-state index in [2.05, 4.69) is 15.2 Å². The molecule has 1 fully saturated rings. The standard InChI is InChI=1S/C18H19N5O5/c24-16(4-3-15-20-17(21-28-15)12-5-7-27-11-12)22-6-1-2-14(10-22)23-9-13(8-19-23)18(25)26/h5,7-9,11,14H,1-4,6,10H2,(H,25,26)/t14-/m1/s1. The highest BCUT2D eigenvalue weighted by atomic mass is 16.5. The summed E-state index contributed by atoms with van der Waals surface area (Å²) in [4.78, 5) is 29.7. The molecule has 3 aromatic heterocycles. The first kappa shape index (κ1) is 18.0. The van der Waals surface area contributed by atoms with Crippen molar-refractivity contribution >= 4 is 11.9 Å². The summed E-state index contributed by atoms with van der Waals surface area (Å²) in [5.41, 5.74) is 0.869. The molecule has 1 N–H and O–H groups in total. The average Bonchev–Trinajstić information content (AvgIpc) is 3.47. The number of amides is 1. The van der Waals surface area contributed by atoms with Crippen LogP contribution in [0.1, 0.15) is 41.6 Å². The third kappa shape index (κ3) is 3.80. The van der Waals surface area contributed by atoms with Crippen LogP contribution in [0.3, 0.4) is 0 Å². The van der Waals surface area contributed by atoms with Crippen molar-refractivity contribution in [1.29, 1.82) is 0 Å². The summed E-state index contributed by atoms with van der Waals surface area (Å²) in [5.74, 6) is -0.179. The van der Waals surface area contributed by atoms with E-state index in [0.29, 0.717) is 31.2 Å². The predicted molar refractivity (Wildman–Crippen MR) is 94.4 cm³/mol. The summed E-state index contributed by atoms with van der Waals surface area (Å²) >= 11 is 0. The molecule has 1 atom stereocenters. The number of hydrogen-bond acceptors (Lipinski definition) is 7. The summed E-state index contributed by atoms with van der Waals surface area (Å²) in [6.07, 6.45) is 8.20. The molecule has 1 amide bonds. The van der Waals surface area contributed by atoms with Gasteiger partial charge in [0.15, 0.2) is 0 Å². The van der Waals surface area contributed by atoms with E-state index in [9.17, 15) is 9.59 Å². The van der Waals surface area contributed by atoms with Crippen LogP contribution in [0, 0.1) is 0 Å². The van der Waals surface area contributed by atoms with Crippen LogP contribution in [0.15, 0.2) is 39.9 Å². The molecule has 10 nitrogen and oxygen atoms in total. The van der Waals surface area contributed by atoms with E-state index in [0.717, 1.165) is 18.4 Å². The van der Waals surface area contributed by atoms with E-state index in [-0.39, 0.29) is 23.9 Å². The Morgan fingerprint density at radius 2 is 2.25 bits per heavy atom. The SMILES string of the molecule is O=C(O)c1cnn([C@@H]2CCCN(C(=O)CCc3nc(-c4ccoc4)no3)C2)c1. The number of carbonyl (C=O) groups excluding carboxylic acids is 1.